The van der Waals surface area contributed by atoms with Crippen molar-refractivity contribution in [1.29, 1.82) is 0 Å². The minimum absolute atomic E-state index is 0.0152. The molecular formula is C8H9BrN4O2S2. The molecule has 0 fully saturated rings. The first-order chi connectivity index (χ1) is 7.92. The Hall–Kier alpha value is -0.800. The molecule has 92 valence electrons. The average Bonchev–Trinajstić information content (AvgIpc) is 2.74. The predicted molar refractivity (Wildman–Crippen MR) is 67.5 cm³/mol. The van der Waals surface area contributed by atoms with E-state index in [0.29, 0.717) is 16.3 Å². The first-order valence-electron chi connectivity index (χ1n) is 4.58. The number of halogens is 1. The molecule has 0 bridgehead atoms. The van der Waals surface area contributed by atoms with Crippen LogP contribution in [0, 0.1) is 0 Å². The zero-order valence-corrected chi connectivity index (χ0v) is 12.1. The number of rotatable bonds is 4. The lowest BCUT2D eigenvalue weighted by Gasteiger charge is -1.95. The third-order valence-corrected chi connectivity index (χ3v) is 4.06. The molecule has 0 aliphatic rings. The number of thiazole rings is 1. The quantitative estimate of drug-likeness (QED) is 0.835. The number of hydrogen-bond acceptors (Lipinski definition) is 6. The summed E-state index contributed by atoms with van der Waals surface area (Å²) in [6.45, 7) is 0.485. The van der Waals surface area contributed by atoms with Gasteiger partial charge in [-0.2, -0.15) is 0 Å². The number of hydrogen-bond donors (Lipinski definition) is 0. The average molecular weight is 337 g/mol. The van der Waals surface area contributed by atoms with E-state index in [1.165, 1.54) is 17.6 Å². The van der Waals surface area contributed by atoms with Crippen molar-refractivity contribution in [1.82, 2.24) is 19.7 Å². The topological polar surface area (TPSA) is 77.7 Å². The standard InChI is InChI=1S/C8H9BrN4O2S2/c1-17(14,15)4-7-11-6(3-16-7)2-13-5-10-8(9)12-13/h3,5H,2,4H2,1H3. The van der Waals surface area contributed by atoms with Gasteiger partial charge in [-0.25, -0.2) is 23.1 Å². The van der Waals surface area contributed by atoms with E-state index in [9.17, 15) is 8.42 Å². The Morgan fingerprint density at radius 1 is 1.53 bits per heavy atom. The molecule has 0 amide bonds. The second-order valence-electron chi connectivity index (χ2n) is 3.51. The Morgan fingerprint density at radius 2 is 2.29 bits per heavy atom. The van der Waals surface area contributed by atoms with Gasteiger partial charge in [0.1, 0.15) is 17.1 Å². The molecule has 0 aliphatic heterocycles. The second kappa shape index (κ2) is 4.83. The summed E-state index contributed by atoms with van der Waals surface area (Å²) >= 11 is 4.49. The van der Waals surface area contributed by atoms with Crippen molar-refractivity contribution < 1.29 is 8.42 Å². The maximum Gasteiger partial charge on any atom is 0.217 e. The van der Waals surface area contributed by atoms with Gasteiger partial charge >= 0.3 is 0 Å². The van der Waals surface area contributed by atoms with Gasteiger partial charge in [0.2, 0.25) is 4.73 Å². The molecule has 0 aromatic carbocycles. The van der Waals surface area contributed by atoms with Crippen LogP contribution in [0.25, 0.3) is 0 Å². The molecule has 2 heterocycles. The van der Waals surface area contributed by atoms with Gasteiger partial charge in [-0.05, 0) is 15.9 Å². The molecule has 0 unspecified atom stereocenters. The van der Waals surface area contributed by atoms with E-state index in [4.69, 9.17) is 0 Å². The van der Waals surface area contributed by atoms with Gasteiger partial charge in [0, 0.05) is 11.6 Å². The molecule has 6 nitrogen and oxygen atoms in total. The van der Waals surface area contributed by atoms with E-state index in [2.05, 4.69) is 31.0 Å². The second-order valence-corrected chi connectivity index (χ2v) is 7.31. The molecule has 17 heavy (non-hydrogen) atoms. The third-order valence-electron chi connectivity index (χ3n) is 1.82. The molecule has 0 aliphatic carbocycles. The van der Waals surface area contributed by atoms with Gasteiger partial charge in [0.25, 0.3) is 0 Å². The number of sulfone groups is 1. The van der Waals surface area contributed by atoms with Crippen molar-refractivity contribution in [3.05, 3.63) is 27.1 Å². The van der Waals surface area contributed by atoms with Crippen LogP contribution in [0.3, 0.4) is 0 Å². The van der Waals surface area contributed by atoms with Gasteiger partial charge in [0.05, 0.1) is 12.2 Å². The van der Waals surface area contributed by atoms with Crippen molar-refractivity contribution in [2.75, 3.05) is 6.26 Å². The summed E-state index contributed by atoms with van der Waals surface area (Å²) in [6, 6.07) is 0. The third kappa shape index (κ3) is 3.86. The van der Waals surface area contributed by atoms with E-state index in [1.807, 2.05) is 5.38 Å². The van der Waals surface area contributed by atoms with Crippen molar-refractivity contribution >= 4 is 37.1 Å². The monoisotopic (exact) mass is 336 g/mol. The fourth-order valence-electron chi connectivity index (χ4n) is 1.23. The molecule has 0 saturated carbocycles. The summed E-state index contributed by atoms with van der Waals surface area (Å²) in [5, 5.41) is 6.49. The highest BCUT2D eigenvalue weighted by atomic mass is 79.9. The van der Waals surface area contributed by atoms with Crippen LogP contribution in [0.2, 0.25) is 0 Å². The largest absolute Gasteiger partial charge is 0.246 e. The van der Waals surface area contributed by atoms with Crippen LogP contribution in [-0.2, 0) is 22.1 Å². The highest BCUT2D eigenvalue weighted by Gasteiger charge is 2.09. The molecule has 2 rings (SSSR count). The van der Waals surface area contributed by atoms with Crippen LogP contribution in [0.5, 0.6) is 0 Å². The lowest BCUT2D eigenvalue weighted by Crippen LogP contribution is -2.03. The highest BCUT2D eigenvalue weighted by molar-refractivity contribution is 9.10. The Bertz CT molecular complexity index is 619. The van der Waals surface area contributed by atoms with Crippen molar-refractivity contribution in [2.24, 2.45) is 0 Å². The maximum atomic E-state index is 11.1. The Kier molecular flexibility index (Phi) is 3.59. The van der Waals surface area contributed by atoms with Crippen LogP contribution < -0.4 is 0 Å². The number of nitrogens with zero attached hydrogens (tertiary/aromatic N) is 4. The molecule has 0 spiro atoms. The number of aromatic nitrogens is 4. The summed E-state index contributed by atoms with van der Waals surface area (Å²) in [4.78, 5) is 8.16. The molecule has 2 aromatic heterocycles. The van der Waals surface area contributed by atoms with Gasteiger partial charge in [0.15, 0.2) is 9.84 Å². The fraction of sp³-hybridized carbons (Fsp3) is 0.375. The summed E-state index contributed by atoms with van der Waals surface area (Å²) < 4.78 is 24.4. The summed E-state index contributed by atoms with van der Waals surface area (Å²) in [5.74, 6) is -0.0152. The van der Waals surface area contributed by atoms with Crippen LogP contribution in [0.1, 0.15) is 10.7 Å². The first kappa shape index (κ1) is 12.7. The van der Waals surface area contributed by atoms with Crippen molar-refractivity contribution in [2.45, 2.75) is 12.3 Å². The van der Waals surface area contributed by atoms with Crippen molar-refractivity contribution in [3.63, 3.8) is 0 Å². The van der Waals surface area contributed by atoms with Crippen LogP contribution >= 0.6 is 27.3 Å². The normalized spacial score (nSPS) is 11.9. The Labute approximate surface area is 111 Å². The molecule has 0 saturated heterocycles. The van der Waals surface area contributed by atoms with Crippen LogP contribution in [0.15, 0.2) is 16.4 Å². The van der Waals surface area contributed by atoms with Crippen LogP contribution in [0.4, 0.5) is 0 Å². The van der Waals surface area contributed by atoms with Gasteiger partial charge in [-0.3, -0.25) is 0 Å². The van der Waals surface area contributed by atoms with Gasteiger partial charge in [-0.15, -0.1) is 16.4 Å². The van der Waals surface area contributed by atoms with Crippen LogP contribution in [-0.4, -0.2) is 34.4 Å². The maximum absolute atomic E-state index is 11.1. The summed E-state index contributed by atoms with van der Waals surface area (Å²) in [5.41, 5.74) is 0.783. The van der Waals surface area contributed by atoms with E-state index in [-0.39, 0.29) is 5.75 Å². The molecule has 9 heteroatoms. The zero-order chi connectivity index (χ0) is 12.5. The summed E-state index contributed by atoms with van der Waals surface area (Å²) in [7, 11) is -3.03. The van der Waals surface area contributed by atoms with E-state index in [0.717, 1.165) is 5.69 Å². The minimum atomic E-state index is -3.03. The van der Waals surface area contributed by atoms with Gasteiger partial charge in [-0.1, -0.05) is 0 Å². The molecule has 0 N–H and O–H groups in total. The lowest BCUT2D eigenvalue weighted by molar-refractivity contribution is 0.601. The lowest BCUT2D eigenvalue weighted by atomic mass is 10.5. The Balaban J connectivity index is 2.08. The fourth-order valence-corrected chi connectivity index (χ4v) is 3.52. The predicted octanol–water partition coefficient (Wildman–Crippen LogP) is 1.09. The zero-order valence-electron chi connectivity index (χ0n) is 8.87. The smallest absolute Gasteiger partial charge is 0.217 e. The molecule has 2 aromatic rings. The summed E-state index contributed by atoms with van der Waals surface area (Å²) in [6.07, 6.45) is 2.78. The van der Waals surface area contributed by atoms with E-state index < -0.39 is 9.84 Å². The van der Waals surface area contributed by atoms with E-state index in [1.54, 1.807) is 11.0 Å². The Morgan fingerprint density at radius 3 is 2.88 bits per heavy atom. The SMILES string of the molecule is CS(=O)(=O)Cc1nc(Cn2cnc(Br)n2)cs1. The molecular weight excluding hydrogens is 328 g/mol. The van der Waals surface area contributed by atoms with E-state index >= 15 is 0 Å². The molecule has 0 atom stereocenters. The van der Waals surface area contributed by atoms with Gasteiger partial charge < -0.3 is 0 Å². The first-order valence-corrected chi connectivity index (χ1v) is 8.32. The van der Waals surface area contributed by atoms with Crippen molar-refractivity contribution in [3.8, 4) is 0 Å². The molecule has 0 radical (unpaired) electrons. The highest BCUT2D eigenvalue weighted by Crippen LogP contribution is 2.13. The minimum Gasteiger partial charge on any atom is -0.246 e.